The number of hydrogen-bond donors (Lipinski definition) is 1. The van der Waals surface area contributed by atoms with E-state index in [4.69, 9.17) is 5.11 Å². The van der Waals surface area contributed by atoms with Gasteiger partial charge in [0, 0.05) is 17.5 Å². The van der Waals surface area contributed by atoms with Crippen molar-refractivity contribution in [2.45, 2.75) is 168 Å². The van der Waals surface area contributed by atoms with Crippen molar-refractivity contribution >= 4 is 5.97 Å². The van der Waals surface area contributed by atoms with Crippen LogP contribution < -0.4 is 0 Å². The van der Waals surface area contributed by atoms with E-state index in [1.54, 1.807) is 0 Å². The van der Waals surface area contributed by atoms with Crippen molar-refractivity contribution in [1.82, 2.24) is 4.90 Å². The topological polar surface area (TPSA) is 40.5 Å². The minimum absolute atomic E-state index is 0.345. The standard InChI is InChI=1S/C18H36O2.C10H21N/c1-2-3-4-5-6-7-8-9-10-11-12-13-14-15-16-17-18(19)20;1-9(2)7-6-8-10(3,4)11(9)5/h2-17H2,1H3,(H,19,20);6-8H2,1-5H3. The van der Waals surface area contributed by atoms with Gasteiger partial charge >= 0.3 is 5.97 Å². The molecule has 1 saturated heterocycles. The highest BCUT2D eigenvalue weighted by molar-refractivity contribution is 5.66. The summed E-state index contributed by atoms with van der Waals surface area (Å²) in [5, 5.41) is 8.52. The molecule has 0 bridgehead atoms. The van der Waals surface area contributed by atoms with Crippen LogP contribution in [0.3, 0.4) is 0 Å². The molecule has 0 amide bonds. The van der Waals surface area contributed by atoms with Gasteiger partial charge in [0.05, 0.1) is 0 Å². The van der Waals surface area contributed by atoms with Crippen molar-refractivity contribution < 1.29 is 9.90 Å². The van der Waals surface area contributed by atoms with Gasteiger partial charge in [0.25, 0.3) is 0 Å². The second-order valence-corrected chi connectivity index (χ2v) is 11.1. The Labute approximate surface area is 195 Å². The largest absolute Gasteiger partial charge is 0.481 e. The Kier molecular flexibility index (Phi) is 17.6. The van der Waals surface area contributed by atoms with Crippen molar-refractivity contribution in [3.05, 3.63) is 0 Å². The minimum Gasteiger partial charge on any atom is -0.481 e. The van der Waals surface area contributed by atoms with E-state index in [0.717, 1.165) is 12.8 Å². The number of piperidine rings is 1. The molecule has 1 heterocycles. The second kappa shape index (κ2) is 17.9. The van der Waals surface area contributed by atoms with Crippen molar-refractivity contribution in [2.24, 2.45) is 0 Å². The lowest BCUT2D eigenvalue weighted by Crippen LogP contribution is -2.56. The van der Waals surface area contributed by atoms with Crippen LogP contribution in [-0.2, 0) is 4.79 Å². The number of carboxylic acids is 1. The number of likely N-dealkylation sites (tertiary alicyclic amines) is 1. The zero-order chi connectivity index (χ0) is 23.6. The molecule has 0 saturated carbocycles. The van der Waals surface area contributed by atoms with Crippen LogP contribution in [0.4, 0.5) is 0 Å². The van der Waals surface area contributed by atoms with Gasteiger partial charge in [-0.15, -0.1) is 0 Å². The quantitative estimate of drug-likeness (QED) is 0.244. The van der Waals surface area contributed by atoms with Crippen LogP contribution in [0.2, 0.25) is 0 Å². The number of hydrogen-bond acceptors (Lipinski definition) is 2. The molecule has 0 atom stereocenters. The van der Waals surface area contributed by atoms with Crippen molar-refractivity contribution in [1.29, 1.82) is 0 Å². The average molecular weight is 440 g/mol. The summed E-state index contributed by atoms with van der Waals surface area (Å²) in [6, 6.07) is 0. The Morgan fingerprint density at radius 3 is 1.29 bits per heavy atom. The molecule has 0 aromatic heterocycles. The molecule has 3 nitrogen and oxygen atoms in total. The lowest BCUT2D eigenvalue weighted by Gasteiger charge is -2.50. The maximum atomic E-state index is 10.3. The number of aliphatic carboxylic acids is 1. The smallest absolute Gasteiger partial charge is 0.303 e. The minimum atomic E-state index is -0.653. The highest BCUT2D eigenvalue weighted by atomic mass is 16.4. The molecule has 1 aliphatic rings. The monoisotopic (exact) mass is 439 g/mol. The molecule has 0 aromatic carbocycles. The van der Waals surface area contributed by atoms with Gasteiger partial charge in [-0.05, 0) is 60.4 Å². The molecule has 1 fully saturated rings. The zero-order valence-electron chi connectivity index (χ0n) is 22.2. The average Bonchev–Trinajstić information content (AvgIpc) is 2.69. The highest BCUT2D eigenvalue weighted by Crippen LogP contribution is 2.36. The molecular formula is C28H57NO2. The third kappa shape index (κ3) is 16.7. The number of carboxylic acid groups (broad SMARTS) is 1. The van der Waals surface area contributed by atoms with Gasteiger partial charge in [-0.1, -0.05) is 96.8 Å². The summed E-state index contributed by atoms with van der Waals surface area (Å²) in [4.78, 5) is 12.9. The summed E-state index contributed by atoms with van der Waals surface area (Å²) in [5.74, 6) is -0.653. The summed E-state index contributed by atoms with van der Waals surface area (Å²) in [6.45, 7) is 11.6. The van der Waals surface area contributed by atoms with Crippen LogP contribution in [0, 0.1) is 0 Å². The molecule has 1 N–H and O–H groups in total. The van der Waals surface area contributed by atoms with E-state index >= 15 is 0 Å². The molecule has 3 heteroatoms. The fourth-order valence-electron chi connectivity index (χ4n) is 4.76. The lowest BCUT2D eigenvalue weighted by atomic mass is 9.80. The highest BCUT2D eigenvalue weighted by Gasteiger charge is 2.38. The molecule has 0 aromatic rings. The first-order valence-electron chi connectivity index (χ1n) is 13.6. The van der Waals surface area contributed by atoms with Crippen molar-refractivity contribution in [3.8, 4) is 0 Å². The van der Waals surface area contributed by atoms with Crippen LogP contribution in [0.1, 0.15) is 157 Å². The molecule has 1 rings (SSSR count). The van der Waals surface area contributed by atoms with Crippen LogP contribution in [0.5, 0.6) is 0 Å². The van der Waals surface area contributed by atoms with E-state index in [-0.39, 0.29) is 0 Å². The summed E-state index contributed by atoms with van der Waals surface area (Å²) in [6.07, 6.45) is 24.3. The maximum Gasteiger partial charge on any atom is 0.303 e. The van der Waals surface area contributed by atoms with E-state index in [9.17, 15) is 4.79 Å². The zero-order valence-corrected chi connectivity index (χ0v) is 22.2. The molecular weight excluding hydrogens is 382 g/mol. The Morgan fingerprint density at radius 1 is 0.677 bits per heavy atom. The SMILES string of the molecule is CCCCCCCCCCCCCCCCCC(=O)O.CN1C(C)(C)CCCC1(C)C. The third-order valence-corrected chi connectivity index (χ3v) is 7.39. The summed E-state index contributed by atoms with van der Waals surface area (Å²) in [7, 11) is 2.25. The third-order valence-electron chi connectivity index (χ3n) is 7.39. The van der Waals surface area contributed by atoms with E-state index < -0.39 is 5.97 Å². The second-order valence-electron chi connectivity index (χ2n) is 11.1. The molecule has 31 heavy (non-hydrogen) atoms. The molecule has 0 unspecified atom stereocenters. The van der Waals surface area contributed by atoms with E-state index in [1.807, 2.05) is 0 Å². The van der Waals surface area contributed by atoms with Crippen LogP contribution in [0.15, 0.2) is 0 Å². The van der Waals surface area contributed by atoms with E-state index in [0.29, 0.717) is 17.5 Å². The molecule has 186 valence electrons. The van der Waals surface area contributed by atoms with E-state index in [2.05, 4.69) is 46.6 Å². The summed E-state index contributed by atoms with van der Waals surface area (Å²) < 4.78 is 0. The van der Waals surface area contributed by atoms with Crippen molar-refractivity contribution in [3.63, 3.8) is 0 Å². The number of rotatable bonds is 16. The van der Waals surface area contributed by atoms with Gasteiger partial charge in [-0.3, -0.25) is 9.69 Å². The predicted molar refractivity (Wildman–Crippen MR) is 137 cm³/mol. The molecule has 1 aliphatic heterocycles. The predicted octanol–water partition coefficient (Wildman–Crippen LogP) is 8.99. The van der Waals surface area contributed by atoms with Crippen LogP contribution in [0.25, 0.3) is 0 Å². The number of carbonyl (C=O) groups is 1. The maximum absolute atomic E-state index is 10.3. The first-order chi connectivity index (χ1) is 14.6. The summed E-state index contributed by atoms with van der Waals surface area (Å²) >= 11 is 0. The Balaban J connectivity index is 0.000000683. The first-order valence-corrected chi connectivity index (χ1v) is 13.6. The number of nitrogens with zero attached hydrogens (tertiary/aromatic N) is 1. The normalized spacial score (nSPS) is 17.7. The van der Waals surface area contributed by atoms with Gasteiger partial charge < -0.3 is 5.11 Å². The van der Waals surface area contributed by atoms with Gasteiger partial charge in [0.2, 0.25) is 0 Å². The van der Waals surface area contributed by atoms with Crippen molar-refractivity contribution in [2.75, 3.05) is 7.05 Å². The first kappa shape index (κ1) is 30.4. The molecule has 0 aliphatic carbocycles. The molecule has 0 radical (unpaired) electrons. The van der Waals surface area contributed by atoms with Gasteiger partial charge in [0.1, 0.15) is 0 Å². The van der Waals surface area contributed by atoms with Gasteiger partial charge in [-0.2, -0.15) is 0 Å². The Bertz CT molecular complexity index is 415. The summed E-state index contributed by atoms with van der Waals surface area (Å²) in [5.41, 5.74) is 0.809. The Hall–Kier alpha value is -0.570. The lowest BCUT2D eigenvalue weighted by molar-refractivity contribution is -0.137. The van der Waals surface area contributed by atoms with E-state index in [1.165, 1.54) is 103 Å². The van der Waals surface area contributed by atoms with Gasteiger partial charge in [-0.25, -0.2) is 0 Å². The number of unbranched alkanes of at least 4 members (excludes halogenated alkanes) is 14. The fourth-order valence-corrected chi connectivity index (χ4v) is 4.76. The molecule has 0 spiro atoms. The van der Waals surface area contributed by atoms with Crippen LogP contribution in [-0.4, -0.2) is 34.1 Å². The van der Waals surface area contributed by atoms with Crippen LogP contribution >= 0.6 is 0 Å². The fraction of sp³-hybridized carbons (Fsp3) is 0.964. The Morgan fingerprint density at radius 2 is 1.00 bits per heavy atom. The van der Waals surface area contributed by atoms with Gasteiger partial charge in [0.15, 0.2) is 0 Å².